The minimum Gasteiger partial charge on any atom is -0.366 e. The van der Waals surface area contributed by atoms with Crippen LogP contribution >= 0.6 is 11.3 Å². The lowest BCUT2D eigenvalue weighted by Crippen LogP contribution is -2.18. The van der Waals surface area contributed by atoms with Crippen LogP contribution in [0, 0.1) is 10.1 Å². The van der Waals surface area contributed by atoms with E-state index in [4.69, 9.17) is 5.73 Å². The summed E-state index contributed by atoms with van der Waals surface area (Å²) in [5.74, 6) is -0.670. The Morgan fingerprint density at radius 3 is 2.71 bits per heavy atom. The Bertz CT molecular complexity index is 655. The smallest absolute Gasteiger partial charge is 0.274 e. The highest BCUT2D eigenvalue weighted by Gasteiger charge is 2.17. The van der Waals surface area contributed by atoms with Gasteiger partial charge < -0.3 is 5.73 Å². The predicted molar refractivity (Wildman–Crippen MR) is 81.1 cm³/mol. The zero-order valence-electron chi connectivity index (χ0n) is 11.5. The van der Waals surface area contributed by atoms with Gasteiger partial charge in [0.1, 0.15) is 0 Å². The van der Waals surface area contributed by atoms with Crippen molar-refractivity contribution in [3.63, 3.8) is 0 Å². The zero-order chi connectivity index (χ0) is 15.4. The third kappa shape index (κ3) is 3.87. The van der Waals surface area contributed by atoms with Gasteiger partial charge in [-0.2, -0.15) is 11.3 Å². The summed E-state index contributed by atoms with van der Waals surface area (Å²) in [7, 11) is 1.89. The van der Waals surface area contributed by atoms with Gasteiger partial charge in [-0.05, 0) is 35.5 Å². The number of hydrogen-bond donors (Lipinski definition) is 1. The first kappa shape index (κ1) is 15.1. The number of rotatable bonds is 6. The van der Waals surface area contributed by atoms with E-state index in [1.165, 1.54) is 17.7 Å². The fraction of sp³-hybridized carbons (Fsp3) is 0.214. The van der Waals surface area contributed by atoms with E-state index in [-0.39, 0.29) is 11.3 Å². The molecule has 0 saturated heterocycles. The number of nitrogens with zero attached hydrogens (tertiary/aromatic N) is 2. The number of nitro benzene ring substituents is 1. The van der Waals surface area contributed by atoms with Gasteiger partial charge >= 0.3 is 0 Å². The molecule has 110 valence electrons. The molecule has 0 saturated carbocycles. The first-order chi connectivity index (χ1) is 9.97. The molecule has 7 heteroatoms. The van der Waals surface area contributed by atoms with E-state index >= 15 is 0 Å². The highest BCUT2D eigenvalue weighted by molar-refractivity contribution is 7.07. The highest BCUT2D eigenvalue weighted by Crippen LogP contribution is 2.22. The zero-order valence-corrected chi connectivity index (χ0v) is 12.3. The Morgan fingerprint density at radius 1 is 1.38 bits per heavy atom. The molecule has 2 aromatic rings. The Labute approximate surface area is 126 Å². The SMILES string of the molecule is CN(Cc1ccsc1)Cc1ccc(C(N)=O)cc1[N+](=O)[O-]. The highest BCUT2D eigenvalue weighted by atomic mass is 32.1. The van der Waals surface area contributed by atoms with Gasteiger partial charge in [-0.25, -0.2) is 0 Å². The molecular weight excluding hydrogens is 290 g/mol. The number of nitrogens with two attached hydrogens (primary N) is 1. The molecule has 0 atom stereocenters. The molecule has 0 radical (unpaired) electrons. The average molecular weight is 305 g/mol. The number of carbonyl (C=O) groups excluding carboxylic acids is 1. The lowest BCUT2D eigenvalue weighted by molar-refractivity contribution is -0.385. The molecule has 1 heterocycles. The third-order valence-corrected chi connectivity index (χ3v) is 3.77. The number of carbonyl (C=O) groups is 1. The molecule has 0 fully saturated rings. The van der Waals surface area contributed by atoms with E-state index in [0.29, 0.717) is 18.7 Å². The Hall–Kier alpha value is -2.25. The van der Waals surface area contributed by atoms with Crippen LogP contribution in [0.15, 0.2) is 35.0 Å². The van der Waals surface area contributed by atoms with E-state index in [2.05, 4.69) is 0 Å². The number of nitro groups is 1. The van der Waals surface area contributed by atoms with Crippen molar-refractivity contribution in [2.24, 2.45) is 5.73 Å². The fourth-order valence-electron chi connectivity index (χ4n) is 2.06. The summed E-state index contributed by atoms with van der Waals surface area (Å²) < 4.78 is 0. The number of amides is 1. The molecule has 6 nitrogen and oxygen atoms in total. The van der Waals surface area contributed by atoms with Gasteiger partial charge in [0.25, 0.3) is 5.69 Å². The summed E-state index contributed by atoms with van der Waals surface area (Å²) in [5.41, 5.74) is 6.94. The fourth-order valence-corrected chi connectivity index (χ4v) is 2.72. The molecule has 0 bridgehead atoms. The molecule has 0 unspecified atom stereocenters. The molecule has 21 heavy (non-hydrogen) atoms. The molecule has 2 rings (SSSR count). The van der Waals surface area contributed by atoms with Crippen LogP contribution in [0.1, 0.15) is 21.5 Å². The van der Waals surface area contributed by atoms with Crippen LogP contribution in [-0.2, 0) is 13.1 Å². The van der Waals surface area contributed by atoms with E-state index in [1.807, 2.05) is 28.8 Å². The molecule has 1 aromatic heterocycles. The maximum atomic E-state index is 11.1. The van der Waals surface area contributed by atoms with Crippen molar-refractivity contribution in [1.82, 2.24) is 4.90 Å². The maximum absolute atomic E-state index is 11.1. The Balaban J connectivity index is 2.18. The van der Waals surface area contributed by atoms with Gasteiger partial charge in [0.15, 0.2) is 0 Å². The number of thiophene rings is 1. The van der Waals surface area contributed by atoms with Crippen LogP contribution in [0.2, 0.25) is 0 Å². The van der Waals surface area contributed by atoms with Crippen molar-refractivity contribution in [1.29, 1.82) is 0 Å². The molecule has 0 aliphatic rings. The van der Waals surface area contributed by atoms with Crippen LogP contribution in [-0.4, -0.2) is 22.8 Å². The topological polar surface area (TPSA) is 89.5 Å². The molecule has 1 aromatic carbocycles. The van der Waals surface area contributed by atoms with Crippen LogP contribution in [0.3, 0.4) is 0 Å². The van der Waals surface area contributed by atoms with Crippen molar-refractivity contribution in [3.8, 4) is 0 Å². The maximum Gasteiger partial charge on any atom is 0.274 e. The molecular formula is C14H15N3O3S. The van der Waals surface area contributed by atoms with Crippen molar-refractivity contribution >= 4 is 22.9 Å². The summed E-state index contributed by atoms with van der Waals surface area (Å²) in [4.78, 5) is 23.7. The Morgan fingerprint density at radius 2 is 2.14 bits per heavy atom. The van der Waals surface area contributed by atoms with Gasteiger partial charge in [0, 0.05) is 30.3 Å². The number of benzene rings is 1. The van der Waals surface area contributed by atoms with Crippen molar-refractivity contribution in [2.75, 3.05) is 7.05 Å². The number of hydrogen-bond acceptors (Lipinski definition) is 5. The van der Waals surface area contributed by atoms with Gasteiger partial charge in [0.05, 0.1) is 4.92 Å². The van der Waals surface area contributed by atoms with Gasteiger partial charge in [-0.1, -0.05) is 6.07 Å². The van der Waals surface area contributed by atoms with E-state index < -0.39 is 10.8 Å². The second kappa shape index (κ2) is 6.47. The summed E-state index contributed by atoms with van der Waals surface area (Å²) in [6, 6.07) is 6.35. The van der Waals surface area contributed by atoms with Gasteiger partial charge in [-0.15, -0.1) is 0 Å². The molecule has 0 aliphatic carbocycles. The van der Waals surface area contributed by atoms with E-state index in [1.54, 1.807) is 17.4 Å². The minimum atomic E-state index is -0.670. The normalized spacial score (nSPS) is 10.8. The molecule has 1 amide bonds. The second-order valence-electron chi connectivity index (χ2n) is 4.77. The first-order valence-electron chi connectivity index (χ1n) is 6.24. The monoisotopic (exact) mass is 305 g/mol. The third-order valence-electron chi connectivity index (χ3n) is 3.04. The van der Waals surface area contributed by atoms with E-state index in [0.717, 1.165) is 0 Å². The largest absolute Gasteiger partial charge is 0.366 e. The first-order valence-corrected chi connectivity index (χ1v) is 7.18. The van der Waals surface area contributed by atoms with E-state index in [9.17, 15) is 14.9 Å². The average Bonchev–Trinajstić information content (AvgIpc) is 2.91. The Kier molecular flexibility index (Phi) is 4.66. The van der Waals surface area contributed by atoms with Crippen LogP contribution in [0.25, 0.3) is 0 Å². The quantitative estimate of drug-likeness (QED) is 0.655. The molecule has 2 N–H and O–H groups in total. The van der Waals surface area contributed by atoms with Crippen molar-refractivity contribution in [2.45, 2.75) is 13.1 Å². The summed E-state index contributed by atoms with van der Waals surface area (Å²) in [5, 5.41) is 15.2. The van der Waals surface area contributed by atoms with Crippen molar-refractivity contribution < 1.29 is 9.72 Å². The second-order valence-corrected chi connectivity index (χ2v) is 5.55. The lowest BCUT2D eigenvalue weighted by atomic mass is 10.1. The lowest BCUT2D eigenvalue weighted by Gasteiger charge is -2.16. The van der Waals surface area contributed by atoms with Crippen LogP contribution in [0.5, 0.6) is 0 Å². The van der Waals surface area contributed by atoms with Gasteiger partial charge in [0.2, 0.25) is 5.91 Å². The summed E-state index contributed by atoms with van der Waals surface area (Å²) in [6.45, 7) is 1.13. The summed E-state index contributed by atoms with van der Waals surface area (Å²) in [6.07, 6.45) is 0. The molecule has 0 spiro atoms. The van der Waals surface area contributed by atoms with Gasteiger partial charge in [-0.3, -0.25) is 19.8 Å². The minimum absolute atomic E-state index is 0.0801. The summed E-state index contributed by atoms with van der Waals surface area (Å²) >= 11 is 1.61. The standard InChI is InChI=1S/C14H15N3O3S/c1-16(7-10-4-5-21-9-10)8-12-3-2-11(14(15)18)6-13(12)17(19)20/h2-6,9H,7-8H2,1H3,(H2,15,18). The van der Waals surface area contributed by atoms with Crippen LogP contribution in [0.4, 0.5) is 5.69 Å². The van der Waals surface area contributed by atoms with Crippen LogP contribution < -0.4 is 5.73 Å². The predicted octanol–water partition coefficient (Wildman–Crippen LogP) is 2.39. The van der Waals surface area contributed by atoms with Crippen molar-refractivity contribution in [3.05, 3.63) is 61.8 Å². The number of primary amides is 1. The molecule has 0 aliphatic heterocycles.